The van der Waals surface area contributed by atoms with Gasteiger partial charge >= 0.3 is 0 Å². The van der Waals surface area contributed by atoms with Crippen LogP contribution in [-0.4, -0.2) is 10.9 Å². The summed E-state index contributed by atoms with van der Waals surface area (Å²) in [4.78, 5) is 12.5. The molecule has 1 aromatic rings. The molecule has 0 aliphatic heterocycles. The molecule has 0 bridgehead atoms. The summed E-state index contributed by atoms with van der Waals surface area (Å²) in [5.74, 6) is 0.973. The van der Waals surface area contributed by atoms with E-state index >= 15 is 0 Å². The standard InChI is InChI=1S/C10H14OS2/c1-2-3-6-13-10(11)8-9-5-4-7-12-9/h4-5,7H,2-3,6,8H2,1H3. The van der Waals surface area contributed by atoms with Gasteiger partial charge in [0.15, 0.2) is 5.12 Å². The molecule has 0 unspecified atom stereocenters. The molecule has 1 heterocycles. The molecule has 1 rings (SSSR count). The third-order valence-electron chi connectivity index (χ3n) is 1.66. The minimum absolute atomic E-state index is 0.302. The number of rotatable bonds is 5. The highest BCUT2D eigenvalue weighted by molar-refractivity contribution is 8.13. The molecule has 0 saturated carbocycles. The molecule has 1 nitrogen and oxygen atoms in total. The second-order valence-corrected chi connectivity index (χ2v) is 5.01. The molecule has 0 saturated heterocycles. The molecule has 0 fully saturated rings. The summed E-state index contributed by atoms with van der Waals surface area (Å²) in [6.45, 7) is 2.14. The van der Waals surface area contributed by atoms with Crippen molar-refractivity contribution in [1.82, 2.24) is 0 Å². The number of thiophene rings is 1. The molecule has 0 radical (unpaired) electrons. The summed E-state index contributed by atoms with van der Waals surface area (Å²) in [7, 11) is 0. The first kappa shape index (κ1) is 10.8. The monoisotopic (exact) mass is 214 g/mol. The van der Waals surface area contributed by atoms with Gasteiger partial charge in [-0.3, -0.25) is 4.79 Å². The molecule has 72 valence electrons. The van der Waals surface area contributed by atoms with Gasteiger partial charge in [-0.15, -0.1) is 11.3 Å². The van der Waals surface area contributed by atoms with Gasteiger partial charge in [0.1, 0.15) is 0 Å². The van der Waals surface area contributed by atoms with Crippen LogP contribution < -0.4 is 0 Å². The Kier molecular flexibility index (Phi) is 5.16. The van der Waals surface area contributed by atoms with Crippen molar-refractivity contribution in [2.75, 3.05) is 5.75 Å². The van der Waals surface area contributed by atoms with E-state index in [4.69, 9.17) is 0 Å². The Balaban J connectivity index is 2.18. The number of hydrogen-bond donors (Lipinski definition) is 0. The van der Waals surface area contributed by atoms with Gasteiger partial charge in [-0.05, 0) is 17.9 Å². The third-order valence-corrected chi connectivity index (χ3v) is 3.50. The van der Waals surface area contributed by atoms with E-state index in [0.717, 1.165) is 12.2 Å². The average molecular weight is 214 g/mol. The molecular weight excluding hydrogens is 200 g/mol. The van der Waals surface area contributed by atoms with Crippen LogP contribution in [0.3, 0.4) is 0 Å². The van der Waals surface area contributed by atoms with Crippen molar-refractivity contribution in [2.24, 2.45) is 0 Å². The molecule has 0 N–H and O–H groups in total. The molecular formula is C10H14OS2. The van der Waals surface area contributed by atoms with E-state index in [-0.39, 0.29) is 0 Å². The van der Waals surface area contributed by atoms with Crippen molar-refractivity contribution in [3.63, 3.8) is 0 Å². The minimum atomic E-state index is 0.302. The molecule has 13 heavy (non-hydrogen) atoms. The highest BCUT2D eigenvalue weighted by Crippen LogP contribution is 2.14. The predicted octanol–water partition coefficient (Wildman–Crippen LogP) is 3.35. The zero-order valence-electron chi connectivity index (χ0n) is 7.79. The summed E-state index contributed by atoms with van der Waals surface area (Å²) in [5.41, 5.74) is 0. The fraction of sp³-hybridized carbons (Fsp3) is 0.500. The van der Waals surface area contributed by atoms with Crippen LogP contribution in [0.15, 0.2) is 17.5 Å². The van der Waals surface area contributed by atoms with Gasteiger partial charge in [0.25, 0.3) is 0 Å². The first-order chi connectivity index (χ1) is 6.33. The second-order valence-electron chi connectivity index (χ2n) is 2.83. The Morgan fingerprint density at radius 3 is 3.08 bits per heavy atom. The molecule has 0 aliphatic rings. The van der Waals surface area contributed by atoms with E-state index < -0.39 is 0 Å². The lowest BCUT2D eigenvalue weighted by molar-refractivity contribution is -0.110. The van der Waals surface area contributed by atoms with Crippen LogP contribution in [0.5, 0.6) is 0 Å². The fourth-order valence-corrected chi connectivity index (χ4v) is 2.65. The van der Waals surface area contributed by atoms with Gasteiger partial charge in [0.2, 0.25) is 0 Å². The Hall–Kier alpha value is -0.280. The van der Waals surface area contributed by atoms with Crippen molar-refractivity contribution in [2.45, 2.75) is 26.2 Å². The maximum Gasteiger partial charge on any atom is 0.194 e. The number of carbonyl (C=O) groups excluding carboxylic acids is 1. The van der Waals surface area contributed by atoms with Crippen LogP contribution in [0.1, 0.15) is 24.6 Å². The summed E-state index contributed by atoms with van der Waals surface area (Å²) >= 11 is 3.12. The molecule has 1 aromatic heterocycles. The van der Waals surface area contributed by atoms with E-state index in [1.807, 2.05) is 17.5 Å². The minimum Gasteiger partial charge on any atom is -0.287 e. The maximum absolute atomic E-state index is 11.4. The highest BCUT2D eigenvalue weighted by atomic mass is 32.2. The summed E-state index contributed by atoms with van der Waals surface area (Å²) in [5, 5.41) is 2.31. The van der Waals surface area contributed by atoms with Gasteiger partial charge in [-0.2, -0.15) is 0 Å². The molecule has 0 amide bonds. The van der Waals surface area contributed by atoms with Crippen molar-refractivity contribution in [3.05, 3.63) is 22.4 Å². The summed E-state index contributed by atoms with van der Waals surface area (Å²) in [6, 6.07) is 4.01. The quantitative estimate of drug-likeness (QED) is 0.699. The van der Waals surface area contributed by atoms with Crippen LogP contribution in [0.25, 0.3) is 0 Å². The molecule has 0 spiro atoms. The predicted molar refractivity (Wildman–Crippen MR) is 60.4 cm³/mol. The van der Waals surface area contributed by atoms with E-state index in [9.17, 15) is 4.79 Å². The lowest BCUT2D eigenvalue weighted by atomic mass is 10.4. The Morgan fingerprint density at radius 1 is 1.62 bits per heavy atom. The van der Waals surface area contributed by atoms with E-state index in [1.165, 1.54) is 23.1 Å². The largest absolute Gasteiger partial charge is 0.287 e. The van der Waals surface area contributed by atoms with Crippen molar-refractivity contribution < 1.29 is 4.79 Å². The molecule has 0 aromatic carbocycles. The van der Waals surface area contributed by atoms with Crippen LogP contribution in [0, 0.1) is 0 Å². The first-order valence-electron chi connectivity index (χ1n) is 4.51. The fourth-order valence-electron chi connectivity index (χ4n) is 0.937. The molecule has 0 aliphatic carbocycles. The first-order valence-corrected chi connectivity index (χ1v) is 6.37. The third kappa shape index (κ3) is 4.48. The SMILES string of the molecule is CCCCSC(=O)Cc1cccs1. The average Bonchev–Trinajstić information content (AvgIpc) is 2.57. The van der Waals surface area contributed by atoms with E-state index in [0.29, 0.717) is 11.5 Å². The Bertz CT molecular complexity index is 241. The van der Waals surface area contributed by atoms with Gasteiger partial charge in [-0.25, -0.2) is 0 Å². The normalized spacial score (nSPS) is 10.2. The topological polar surface area (TPSA) is 17.1 Å². The van der Waals surface area contributed by atoms with Crippen LogP contribution in [0.2, 0.25) is 0 Å². The maximum atomic E-state index is 11.4. The van der Waals surface area contributed by atoms with Crippen LogP contribution >= 0.6 is 23.1 Å². The number of thioether (sulfide) groups is 1. The van der Waals surface area contributed by atoms with Gasteiger partial charge in [-0.1, -0.05) is 31.2 Å². The summed E-state index contributed by atoms with van der Waals surface area (Å²) < 4.78 is 0. The van der Waals surface area contributed by atoms with Gasteiger partial charge < -0.3 is 0 Å². The number of hydrogen-bond acceptors (Lipinski definition) is 3. The van der Waals surface area contributed by atoms with Crippen molar-refractivity contribution >= 4 is 28.2 Å². The van der Waals surface area contributed by atoms with Crippen molar-refractivity contribution in [3.8, 4) is 0 Å². The number of unbranched alkanes of at least 4 members (excludes halogenated alkanes) is 1. The Morgan fingerprint density at radius 2 is 2.46 bits per heavy atom. The van der Waals surface area contributed by atoms with Crippen molar-refractivity contribution in [1.29, 1.82) is 0 Å². The zero-order chi connectivity index (χ0) is 9.52. The zero-order valence-corrected chi connectivity index (χ0v) is 9.42. The van der Waals surface area contributed by atoms with Gasteiger partial charge in [0, 0.05) is 10.6 Å². The molecule has 0 atom stereocenters. The lowest BCUT2D eigenvalue weighted by Gasteiger charge is -1.97. The Labute approximate surface area is 87.5 Å². The van der Waals surface area contributed by atoms with E-state index in [2.05, 4.69) is 6.92 Å². The van der Waals surface area contributed by atoms with Crippen LogP contribution in [0.4, 0.5) is 0 Å². The second kappa shape index (κ2) is 6.22. The lowest BCUT2D eigenvalue weighted by Crippen LogP contribution is -1.96. The highest BCUT2D eigenvalue weighted by Gasteiger charge is 2.03. The van der Waals surface area contributed by atoms with E-state index in [1.54, 1.807) is 11.3 Å². The molecule has 3 heteroatoms. The smallest absolute Gasteiger partial charge is 0.194 e. The van der Waals surface area contributed by atoms with Crippen LogP contribution in [-0.2, 0) is 11.2 Å². The number of carbonyl (C=O) groups is 1. The van der Waals surface area contributed by atoms with Gasteiger partial charge in [0.05, 0.1) is 6.42 Å². The summed E-state index contributed by atoms with van der Waals surface area (Å²) in [6.07, 6.45) is 2.91.